The first-order chi connectivity index (χ1) is 5.54. The van der Waals surface area contributed by atoms with Crippen LogP contribution in [0, 0.1) is 12.3 Å². The molecule has 0 aliphatic heterocycles. The van der Waals surface area contributed by atoms with Gasteiger partial charge in [0.2, 0.25) is 0 Å². The molecule has 0 amide bonds. The predicted octanol–water partition coefficient (Wildman–Crippen LogP) is 1.29. The lowest BCUT2D eigenvalue weighted by molar-refractivity contribution is 0.0785. The number of pyridine rings is 1. The van der Waals surface area contributed by atoms with E-state index in [2.05, 4.69) is 10.9 Å². The molecule has 1 aromatic rings. The number of aliphatic hydroxyl groups is 1. The largest absolute Gasteiger partial charge is 0.386 e. The van der Waals surface area contributed by atoms with Crippen LogP contribution in [0.15, 0.2) is 18.3 Å². The highest BCUT2D eigenvalue weighted by molar-refractivity contribution is 5.30. The molecule has 0 aliphatic carbocycles. The van der Waals surface area contributed by atoms with E-state index in [1.54, 1.807) is 32.2 Å². The Kier molecular flexibility index (Phi) is 2.16. The molecule has 1 aromatic heterocycles. The van der Waals surface area contributed by atoms with Gasteiger partial charge in [0.15, 0.2) is 0 Å². The molecule has 0 atom stereocenters. The molecule has 0 aromatic carbocycles. The maximum Gasteiger partial charge on any atom is 0.113 e. The topological polar surface area (TPSA) is 33.1 Å². The van der Waals surface area contributed by atoms with Crippen molar-refractivity contribution in [1.29, 1.82) is 0 Å². The van der Waals surface area contributed by atoms with Crippen LogP contribution in [0.3, 0.4) is 0 Å². The number of nitrogens with zero attached hydrogens (tertiary/aromatic N) is 1. The smallest absolute Gasteiger partial charge is 0.113 e. The first-order valence-corrected chi connectivity index (χ1v) is 3.69. The highest BCUT2D eigenvalue weighted by atomic mass is 16.3. The van der Waals surface area contributed by atoms with Crippen molar-refractivity contribution in [3.63, 3.8) is 0 Å². The monoisotopic (exact) mass is 161 g/mol. The first kappa shape index (κ1) is 8.76. The molecule has 0 fully saturated rings. The molecule has 1 heterocycles. The molecule has 0 saturated carbocycles. The molecule has 0 unspecified atom stereocenters. The molecule has 0 spiro atoms. The Hall–Kier alpha value is -1.33. The minimum atomic E-state index is -0.853. The summed E-state index contributed by atoms with van der Waals surface area (Å²) in [5.74, 6) is 2.42. The molecular weight excluding hydrogens is 150 g/mol. The molecular formula is C10H11NO. The molecule has 0 bridgehead atoms. The number of hydrogen-bond acceptors (Lipinski definition) is 2. The van der Waals surface area contributed by atoms with Crippen LogP contribution in [0.25, 0.3) is 0 Å². The van der Waals surface area contributed by atoms with Gasteiger partial charge in [-0.2, -0.15) is 0 Å². The highest BCUT2D eigenvalue weighted by Crippen LogP contribution is 2.18. The SMILES string of the molecule is C#Cc1cc(C(C)(C)O)ccn1. The van der Waals surface area contributed by atoms with Crippen LogP contribution in [-0.4, -0.2) is 10.1 Å². The van der Waals surface area contributed by atoms with Gasteiger partial charge >= 0.3 is 0 Å². The Morgan fingerprint density at radius 1 is 1.58 bits per heavy atom. The van der Waals surface area contributed by atoms with E-state index < -0.39 is 5.60 Å². The minimum absolute atomic E-state index is 0.551. The van der Waals surface area contributed by atoms with Gasteiger partial charge in [-0.25, -0.2) is 4.98 Å². The number of aromatic nitrogens is 1. The third-order valence-corrected chi connectivity index (χ3v) is 1.61. The molecule has 2 heteroatoms. The molecule has 1 rings (SSSR count). The van der Waals surface area contributed by atoms with E-state index in [9.17, 15) is 5.11 Å². The van der Waals surface area contributed by atoms with E-state index in [0.717, 1.165) is 5.56 Å². The number of terminal acetylenes is 1. The molecule has 0 saturated heterocycles. The van der Waals surface area contributed by atoms with E-state index >= 15 is 0 Å². The van der Waals surface area contributed by atoms with Crippen molar-refractivity contribution in [2.24, 2.45) is 0 Å². The summed E-state index contributed by atoms with van der Waals surface area (Å²) in [6, 6.07) is 3.46. The quantitative estimate of drug-likeness (QED) is 0.629. The average molecular weight is 161 g/mol. The fourth-order valence-corrected chi connectivity index (χ4v) is 0.890. The fraction of sp³-hybridized carbons (Fsp3) is 0.300. The summed E-state index contributed by atoms with van der Waals surface area (Å²) in [6.45, 7) is 3.42. The van der Waals surface area contributed by atoms with Crippen molar-refractivity contribution in [1.82, 2.24) is 4.98 Å². The Morgan fingerprint density at radius 2 is 2.25 bits per heavy atom. The third-order valence-electron chi connectivity index (χ3n) is 1.61. The zero-order valence-electron chi connectivity index (χ0n) is 7.20. The van der Waals surface area contributed by atoms with Crippen molar-refractivity contribution < 1.29 is 5.11 Å². The summed E-state index contributed by atoms with van der Waals surface area (Å²) < 4.78 is 0. The summed E-state index contributed by atoms with van der Waals surface area (Å²) >= 11 is 0. The maximum absolute atomic E-state index is 9.61. The van der Waals surface area contributed by atoms with Crippen LogP contribution in [0.4, 0.5) is 0 Å². The second-order valence-electron chi connectivity index (χ2n) is 3.13. The Morgan fingerprint density at radius 3 is 2.75 bits per heavy atom. The molecule has 0 radical (unpaired) electrons. The van der Waals surface area contributed by atoms with E-state index in [1.807, 2.05) is 0 Å². The third kappa shape index (κ3) is 1.84. The molecule has 0 aliphatic rings. The standard InChI is InChI=1S/C10H11NO/c1-4-9-7-8(5-6-11-9)10(2,3)12/h1,5-7,12H,2-3H3. The van der Waals surface area contributed by atoms with Crippen LogP contribution in [0.2, 0.25) is 0 Å². The summed E-state index contributed by atoms with van der Waals surface area (Å²) in [6.07, 6.45) is 6.77. The lowest BCUT2D eigenvalue weighted by Crippen LogP contribution is -2.15. The Bertz CT molecular complexity index is 317. The summed E-state index contributed by atoms with van der Waals surface area (Å²) in [4.78, 5) is 3.92. The van der Waals surface area contributed by atoms with E-state index in [1.165, 1.54) is 0 Å². The van der Waals surface area contributed by atoms with Crippen LogP contribution in [0.5, 0.6) is 0 Å². The predicted molar refractivity (Wildman–Crippen MR) is 47.4 cm³/mol. The van der Waals surface area contributed by atoms with Gasteiger partial charge in [-0.05, 0) is 31.5 Å². The lowest BCUT2D eigenvalue weighted by atomic mass is 9.99. The second-order valence-corrected chi connectivity index (χ2v) is 3.13. The van der Waals surface area contributed by atoms with Gasteiger partial charge in [-0.3, -0.25) is 0 Å². The lowest BCUT2D eigenvalue weighted by Gasteiger charge is -2.17. The Balaban J connectivity index is 3.13. The minimum Gasteiger partial charge on any atom is -0.386 e. The van der Waals surface area contributed by atoms with Crippen molar-refractivity contribution >= 4 is 0 Å². The fourth-order valence-electron chi connectivity index (χ4n) is 0.890. The molecule has 62 valence electrons. The zero-order valence-corrected chi connectivity index (χ0v) is 7.20. The van der Waals surface area contributed by atoms with Crippen molar-refractivity contribution in [3.05, 3.63) is 29.6 Å². The zero-order chi connectivity index (χ0) is 9.19. The number of hydrogen-bond donors (Lipinski definition) is 1. The first-order valence-electron chi connectivity index (χ1n) is 3.69. The summed E-state index contributed by atoms with van der Waals surface area (Å²) in [5.41, 5.74) is 0.481. The van der Waals surface area contributed by atoms with Crippen LogP contribution < -0.4 is 0 Å². The van der Waals surface area contributed by atoms with Gasteiger partial charge in [0.1, 0.15) is 5.69 Å². The van der Waals surface area contributed by atoms with Crippen LogP contribution in [0.1, 0.15) is 25.1 Å². The van der Waals surface area contributed by atoms with Gasteiger partial charge in [-0.15, -0.1) is 6.42 Å². The van der Waals surface area contributed by atoms with E-state index in [-0.39, 0.29) is 0 Å². The van der Waals surface area contributed by atoms with E-state index in [4.69, 9.17) is 6.42 Å². The van der Waals surface area contributed by atoms with Gasteiger partial charge in [-0.1, -0.05) is 5.92 Å². The van der Waals surface area contributed by atoms with Gasteiger partial charge in [0, 0.05) is 6.20 Å². The van der Waals surface area contributed by atoms with Crippen molar-refractivity contribution in [3.8, 4) is 12.3 Å². The maximum atomic E-state index is 9.61. The molecule has 1 N–H and O–H groups in total. The van der Waals surface area contributed by atoms with Gasteiger partial charge in [0.05, 0.1) is 5.60 Å². The van der Waals surface area contributed by atoms with Crippen LogP contribution >= 0.6 is 0 Å². The second kappa shape index (κ2) is 2.96. The average Bonchev–Trinajstić information content (AvgIpc) is 2.03. The highest BCUT2D eigenvalue weighted by Gasteiger charge is 2.15. The molecule has 2 nitrogen and oxygen atoms in total. The summed E-state index contributed by atoms with van der Waals surface area (Å²) in [5, 5.41) is 9.61. The summed E-state index contributed by atoms with van der Waals surface area (Å²) in [7, 11) is 0. The van der Waals surface area contributed by atoms with E-state index in [0.29, 0.717) is 5.69 Å². The van der Waals surface area contributed by atoms with Crippen molar-refractivity contribution in [2.45, 2.75) is 19.4 Å². The van der Waals surface area contributed by atoms with Crippen LogP contribution in [-0.2, 0) is 5.60 Å². The number of rotatable bonds is 1. The normalized spacial score (nSPS) is 10.8. The van der Waals surface area contributed by atoms with Gasteiger partial charge in [0.25, 0.3) is 0 Å². The molecule has 12 heavy (non-hydrogen) atoms. The van der Waals surface area contributed by atoms with Crippen molar-refractivity contribution in [2.75, 3.05) is 0 Å². The van der Waals surface area contributed by atoms with Gasteiger partial charge < -0.3 is 5.11 Å². The Labute approximate surface area is 72.3 Å².